The first-order valence-corrected chi connectivity index (χ1v) is 12.8. The van der Waals surface area contributed by atoms with E-state index in [2.05, 4.69) is 30.5 Å². The Morgan fingerprint density at radius 3 is 2.70 bits per heavy atom. The van der Waals surface area contributed by atoms with Gasteiger partial charge in [0.1, 0.15) is 11.0 Å². The van der Waals surface area contributed by atoms with Crippen LogP contribution in [0.25, 0.3) is 55.3 Å². The van der Waals surface area contributed by atoms with Gasteiger partial charge < -0.3 is 10.3 Å². The first kappa shape index (κ1) is 23.3. The highest BCUT2D eigenvalue weighted by molar-refractivity contribution is 7.19. The molecular formula is C26H21ClN8OS. The molecule has 0 aliphatic heterocycles. The summed E-state index contributed by atoms with van der Waals surface area (Å²) in [6.07, 6.45) is 7.32. The number of hydrogen-bond donors (Lipinski definition) is 3. The maximum atomic E-state index is 12.2. The average Bonchev–Trinajstić information content (AvgIpc) is 3.60. The van der Waals surface area contributed by atoms with Crippen LogP contribution in [0.3, 0.4) is 0 Å². The van der Waals surface area contributed by atoms with Crippen LogP contribution in [0.4, 0.5) is 5.69 Å². The molecule has 3 N–H and O–H groups in total. The smallest absolute Gasteiger partial charge is 0.224 e. The fourth-order valence-electron chi connectivity index (χ4n) is 4.14. The number of rotatable bonds is 6. The number of hydrogen-bond acceptors (Lipinski definition) is 7. The molecule has 0 unspecified atom stereocenters. The highest BCUT2D eigenvalue weighted by atomic mass is 35.5. The fraction of sp³-hybridized carbons (Fsp3) is 0.154. The van der Waals surface area contributed by atoms with Crippen molar-refractivity contribution in [2.45, 2.75) is 20.3 Å². The number of imidazole rings is 1. The van der Waals surface area contributed by atoms with Gasteiger partial charge in [0, 0.05) is 34.8 Å². The number of aromatic amines is 2. The van der Waals surface area contributed by atoms with Gasteiger partial charge in [-0.05, 0) is 36.2 Å². The molecular weight excluding hydrogens is 508 g/mol. The number of nitrogens with zero attached hydrogens (tertiary/aromatic N) is 5. The third-order valence-corrected chi connectivity index (χ3v) is 7.04. The van der Waals surface area contributed by atoms with Gasteiger partial charge in [-0.3, -0.25) is 19.9 Å². The summed E-state index contributed by atoms with van der Waals surface area (Å²) >= 11 is 7.63. The zero-order valence-electron chi connectivity index (χ0n) is 19.9. The van der Waals surface area contributed by atoms with Gasteiger partial charge >= 0.3 is 0 Å². The van der Waals surface area contributed by atoms with E-state index in [0.717, 1.165) is 32.6 Å². The second-order valence-corrected chi connectivity index (χ2v) is 10.8. The van der Waals surface area contributed by atoms with Crippen LogP contribution in [0, 0.1) is 5.92 Å². The van der Waals surface area contributed by atoms with Crippen LogP contribution in [0.5, 0.6) is 0 Å². The van der Waals surface area contributed by atoms with Crippen LogP contribution in [0.1, 0.15) is 20.3 Å². The molecule has 0 radical (unpaired) electrons. The molecule has 0 aliphatic rings. The summed E-state index contributed by atoms with van der Waals surface area (Å²) in [6, 6.07) is 9.50. The van der Waals surface area contributed by atoms with Crippen molar-refractivity contribution in [3.63, 3.8) is 0 Å². The van der Waals surface area contributed by atoms with Crippen LogP contribution in [-0.2, 0) is 4.79 Å². The number of H-pyrrole nitrogens is 2. The van der Waals surface area contributed by atoms with E-state index in [1.807, 2.05) is 44.2 Å². The van der Waals surface area contributed by atoms with Crippen LogP contribution in [0.2, 0.25) is 4.34 Å². The largest absolute Gasteiger partial charge is 0.335 e. The van der Waals surface area contributed by atoms with E-state index in [4.69, 9.17) is 21.6 Å². The predicted molar refractivity (Wildman–Crippen MR) is 146 cm³/mol. The molecule has 6 aromatic heterocycles. The Labute approximate surface area is 220 Å². The van der Waals surface area contributed by atoms with Gasteiger partial charge in [-0.25, -0.2) is 9.97 Å². The lowest BCUT2D eigenvalue weighted by Gasteiger charge is -2.08. The zero-order chi connectivity index (χ0) is 25.5. The van der Waals surface area contributed by atoms with Crippen LogP contribution >= 0.6 is 22.9 Å². The second kappa shape index (κ2) is 9.38. The summed E-state index contributed by atoms with van der Waals surface area (Å²) in [6.45, 7) is 4.01. The molecule has 0 aromatic carbocycles. The van der Waals surface area contributed by atoms with Gasteiger partial charge in [0.05, 0.1) is 39.1 Å². The number of aromatic nitrogens is 7. The summed E-state index contributed by atoms with van der Waals surface area (Å²) in [5, 5.41) is 10.4. The number of thiophene rings is 1. The maximum Gasteiger partial charge on any atom is 0.224 e. The average molecular weight is 529 g/mol. The molecule has 37 heavy (non-hydrogen) atoms. The van der Waals surface area contributed by atoms with Gasteiger partial charge in [0.2, 0.25) is 5.91 Å². The normalized spacial score (nSPS) is 11.6. The Morgan fingerprint density at radius 2 is 1.89 bits per heavy atom. The standard InChI is InChI=1S/C26H21ClN8OS/c1-13(2)7-22(36)30-15-8-14(9-28-10-15)17-3-4-18-24(31-17)25(35-34-18)26-32-19-12-29-11-16(23(19)33-26)20-5-6-21(27)37-20/h3-6,8-13H,7H2,1-2H3,(H,30,36)(H,32,33)(H,34,35). The van der Waals surface area contributed by atoms with E-state index in [1.54, 1.807) is 24.8 Å². The first-order chi connectivity index (χ1) is 17.9. The Morgan fingerprint density at radius 1 is 1.03 bits per heavy atom. The van der Waals surface area contributed by atoms with Crippen molar-refractivity contribution < 1.29 is 4.79 Å². The molecule has 11 heteroatoms. The quantitative estimate of drug-likeness (QED) is 0.232. The van der Waals surface area contributed by atoms with E-state index in [9.17, 15) is 4.79 Å². The lowest BCUT2D eigenvalue weighted by molar-refractivity contribution is -0.116. The summed E-state index contributed by atoms with van der Waals surface area (Å²) in [5.41, 5.74) is 6.62. The molecule has 0 fully saturated rings. The second-order valence-electron chi connectivity index (χ2n) is 9.05. The highest BCUT2D eigenvalue weighted by Crippen LogP contribution is 2.35. The lowest BCUT2D eigenvalue weighted by atomic mass is 10.1. The Hall–Kier alpha value is -4.15. The first-order valence-electron chi connectivity index (χ1n) is 11.6. The Balaban J connectivity index is 1.38. The number of nitrogens with one attached hydrogen (secondary N) is 3. The SMILES string of the molecule is CC(C)CC(=O)Nc1cncc(-c2ccc3[nH]nc(-c4nc5c(-c6ccc(Cl)s6)cncc5[nH]4)c3n2)c1. The number of halogens is 1. The zero-order valence-corrected chi connectivity index (χ0v) is 21.5. The molecule has 0 bridgehead atoms. The van der Waals surface area contributed by atoms with Gasteiger partial charge in [-0.2, -0.15) is 5.10 Å². The molecule has 6 heterocycles. The molecule has 6 aromatic rings. The molecule has 0 aliphatic carbocycles. The number of amides is 1. The van der Waals surface area contributed by atoms with Crippen molar-refractivity contribution in [2.75, 3.05) is 5.32 Å². The van der Waals surface area contributed by atoms with Crippen LogP contribution in [-0.4, -0.2) is 41.0 Å². The minimum atomic E-state index is -0.0435. The molecule has 0 saturated carbocycles. The van der Waals surface area contributed by atoms with E-state index < -0.39 is 0 Å². The molecule has 9 nitrogen and oxygen atoms in total. The Bertz CT molecular complexity index is 1770. The molecule has 0 atom stereocenters. The van der Waals surface area contributed by atoms with Gasteiger partial charge in [-0.15, -0.1) is 11.3 Å². The van der Waals surface area contributed by atoms with Gasteiger partial charge in [0.25, 0.3) is 0 Å². The number of fused-ring (bicyclic) bond motifs is 2. The number of carbonyl (C=O) groups is 1. The van der Waals surface area contributed by atoms with Crippen molar-refractivity contribution in [2.24, 2.45) is 5.92 Å². The fourth-order valence-corrected chi connectivity index (χ4v) is 5.19. The summed E-state index contributed by atoms with van der Waals surface area (Å²) < 4.78 is 0.704. The summed E-state index contributed by atoms with van der Waals surface area (Å²) in [7, 11) is 0. The molecule has 6 rings (SSSR count). The van der Waals surface area contributed by atoms with E-state index in [1.165, 1.54) is 11.3 Å². The van der Waals surface area contributed by atoms with E-state index in [-0.39, 0.29) is 11.8 Å². The van der Waals surface area contributed by atoms with E-state index in [0.29, 0.717) is 39.2 Å². The van der Waals surface area contributed by atoms with Gasteiger partial charge in [-0.1, -0.05) is 25.4 Å². The van der Waals surface area contributed by atoms with Crippen LogP contribution in [0.15, 0.2) is 55.1 Å². The number of carbonyl (C=O) groups excluding carboxylic acids is 1. The van der Waals surface area contributed by atoms with E-state index >= 15 is 0 Å². The van der Waals surface area contributed by atoms with Crippen molar-refractivity contribution in [1.29, 1.82) is 0 Å². The molecule has 0 spiro atoms. The Kier molecular flexibility index (Phi) is 5.90. The lowest BCUT2D eigenvalue weighted by Crippen LogP contribution is -2.14. The third kappa shape index (κ3) is 4.56. The maximum absolute atomic E-state index is 12.2. The number of anilines is 1. The van der Waals surface area contributed by atoms with Crippen molar-refractivity contribution in [3.05, 3.63) is 59.5 Å². The number of pyridine rings is 3. The predicted octanol–water partition coefficient (Wildman–Crippen LogP) is 6.32. The minimum absolute atomic E-state index is 0.0435. The topological polar surface area (TPSA) is 125 Å². The molecule has 184 valence electrons. The highest BCUT2D eigenvalue weighted by Gasteiger charge is 2.18. The minimum Gasteiger partial charge on any atom is -0.335 e. The third-order valence-electron chi connectivity index (χ3n) is 5.78. The van der Waals surface area contributed by atoms with Crippen molar-refractivity contribution >= 4 is 56.6 Å². The summed E-state index contributed by atoms with van der Waals surface area (Å²) in [4.78, 5) is 34.9. The summed E-state index contributed by atoms with van der Waals surface area (Å²) in [5.74, 6) is 0.807. The monoisotopic (exact) mass is 528 g/mol. The van der Waals surface area contributed by atoms with Crippen molar-refractivity contribution in [3.8, 4) is 33.2 Å². The molecule has 1 amide bonds. The molecule has 0 saturated heterocycles. The van der Waals surface area contributed by atoms with Crippen LogP contribution < -0.4 is 5.32 Å². The van der Waals surface area contributed by atoms with Crippen molar-refractivity contribution in [1.82, 2.24) is 35.1 Å². The van der Waals surface area contributed by atoms with Gasteiger partial charge in [0.15, 0.2) is 11.5 Å².